The molecule has 0 aromatic heterocycles. The molecule has 4 aliphatic rings. The van der Waals surface area contributed by atoms with Crippen molar-refractivity contribution >= 4 is 11.6 Å². The Labute approximate surface area is 128 Å². The summed E-state index contributed by atoms with van der Waals surface area (Å²) in [7, 11) is 9.05. The quantitative estimate of drug-likeness (QED) is 0.571. The van der Waals surface area contributed by atoms with E-state index in [4.69, 9.17) is 0 Å². The van der Waals surface area contributed by atoms with Gasteiger partial charge in [-0.05, 0) is 5.92 Å². The highest BCUT2D eigenvalue weighted by Gasteiger charge is 2.59. The summed E-state index contributed by atoms with van der Waals surface area (Å²) >= 11 is 0. The molecule has 1 saturated heterocycles. The number of nitrogens with zero attached hydrogens (tertiary/aromatic N) is 2. The van der Waals surface area contributed by atoms with E-state index in [9.17, 15) is 9.59 Å². The zero-order chi connectivity index (χ0) is 15.4. The number of hydrogen-bond donors (Lipinski definition) is 0. The van der Waals surface area contributed by atoms with Crippen molar-refractivity contribution in [1.29, 1.82) is 0 Å². The monoisotopic (exact) mass is 294 g/mol. The lowest BCUT2D eigenvalue weighted by Gasteiger charge is -2.40. The minimum atomic E-state index is -0.238. The Hall–Kier alpha value is -0.740. The Morgan fingerprint density at radius 2 is 1.62 bits per heavy atom. The molecular weight excluding hydrogens is 264 g/mol. The molecule has 0 N–H and O–H groups in total. The van der Waals surface area contributed by atoms with Crippen LogP contribution in [0.2, 0.25) is 0 Å². The summed E-state index contributed by atoms with van der Waals surface area (Å²) in [6, 6.07) is 0. The highest BCUT2D eigenvalue weighted by atomic mass is 16.2. The summed E-state index contributed by atoms with van der Waals surface area (Å²) in [4.78, 5) is 24.3. The van der Waals surface area contributed by atoms with Crippen molar-refractivity contribution in [2.45, 2.75) is 19.3 Å². The van der Waals surface area contributed by atoms with Gasteiger partial charge in [-0.25, -0.2) is 0 Å². The van der Waals surface area contributed by atoms with Crippen LogP contribution in [0, 0.1) is 23.7 Å². The zero-order valence-electron chi connectivity index (χ0n) is 14.0. The van der Waals surface area contributed by atoms with Crippen molar-refractivity contribution in [2.75, 3.05) is 54.4 Å². The molecule has 118 valence electrons. The third kappa shape index (κ3) is 2.80. The van der Waals surface area contributed by atoms with E-state index >= 15 is 0 Å². The Bertz CT molecular complexity index is 450. The Kier molecular flexibility index (Phi) is 3.53. The summed E-state index contributed by atoms with van der Waals surface area (Å²) in [6.07, 6.45) is 2.57. The van der Waals surface area contributed by atoms with E-state index in [1.807, 2.05) is 0 Å². The molecule has 21 heavy (non-hydrogen) atoms. The lowest BCUT2D eigenvalue weighted by molar-refractivity contribution is -0.909. The molecule has 3 unspecified atom stereocenters. The van der Waals surface area contributed by atoms with Gasteiger partial charge in [-0.15, -0.1) is 0 Å². The first-order valence-corrected chi connectivity index (χ1v) is 8.38. The van der Waals surface area contributed by atoms with Gasteiger partial charge >= 0.3 is 0 Å². The highest BCUT2D eigenvalue weighted by molar-refractivity contribution is 6.06. The summed E-state index contributed by atoms with van der Waals surface area (Å²) < 4.78 is 2.08. The normalized spacial score (nSPS) is 42.5. The van der Waals surface area contributed by atoms with Gasteiger partial charge in [0.05, 0.1) is 60.3 Å². The van der Waals surface area contributed by atoms with Crippen LogP contribution in [0.4, 0.5) is 0 Å². The molecule has 4 nitrogen and oxygen atoms in total. The predicted octanol–water partition coefficient (Wildman–Crippen LogP) is 0.953. The molecule has 1 heterocycles. The molecule has 2 bridgehead atoms. The van der Waals surface area contributed by atoms with Crippen LogP contribution in [0.3, 0.4) is 0 Å². The number of likely N-dealkylation sites (tertiary alicyclic amines) is 1. The van der Waals surface area contributed by atoms with E-state index in [0.29, 0.717) is 30.6 Å². The van der Waals surface area contributed by atoms with E-state index in [0.717, 1.165) is 15.5 Å². The van der Waals surface area contributed by atoms with E-state index in [1.165, 1.54) is 26.1 Å². The maximum absolute atomic E-state index is 12.1. The largest absolute Gasteiger partial charge is 0.331 e. The SMILES string of the molecule is C[N+](C)(C)CCC[N+]1(C)CC2C3CC(=O)C(C(=O)C3)C2C1. The number of quaternary nitrogens is 2. The lowest BCUT2D eigenvalue weighted by Crippen LogP contribution is -2.50. The second-order valence-electron chi connectivity index (χ2n) is 8.98. The third-order valence-corrected chi connectivity index (χ3v) is 6.03. The van der Waals surface area contributed by atoms with E-state index < -0.39 is 0 Å². The smallest absolute Gasteiger partial charge is 0.144 e. The van der Waals surface area contributed by atoms with Crippen LogP contribution < -0.4 is 0 Å². The maximum atomic E-state index is 12.1. The van der Waals surface area contributed by atoms with E-state index in [1.54, 1.807) is 0 Å². The third-order valence-electron chi connectivity index (χ3n) is 6.03. The molecule has 4 fully saturated rings. The van der Waals surface area contributed by atoms with Crippen molar-refractivity contribution in [3.63, 3.8) is 0 Å². The average Bonchev–Trinajstić information content (AvgIpc) is 2.65. The van der Waals surface area contributed by atoms with Crippen molar-refractivity contribution < 1.29 is 18.6 Å². The minimum Gasteiger partial charge on any atom is -0.331 e. The number of hydrogen-bond acceptors (Lipinski definition) is 2. The molecule has 0 aromatic rings. The van der Waals surface area contributed by atoms with E-state index in [2.05, 4.69) is 28.2 Å². The van der Waals surface area contributed by atoms with Gasteiger partial charge < -0.3 is 8.97 Å². The predicted molar refractivity (Wildman–Crippen MR) is 81.5 cm³/mol. The van der Waals surface area contributed by atoms with Crippen LogP contribution in [0.5, 0.6) is 0 Å². The second kappa shape index (κ2) is 4.88. The van der Waals surface area contributed by atoms with Gasteiger partial charge in [0.25, 0.3) is 0 Å². The molecule has 0 spiro atoms. The highest BCUT2D eigenvalue weighted by Crippen LogP contribution is 2.50. The van der Waals surface area contributed by atoms with Crippen LogP contribution in [-0.2, 0) is 9.59 Å². The van der Waals surface area contributed by atoms with Gasteiger partial charge in [0, 0.05) is 31.1 Å². The molecule has 4 rings (SSSR count). The fourth-order valence-corrected chi connectivity index (χ4v) is 5.13. The molecule has 0 aromatic carbocycles. The number of fused-ring (bicyclic) bond motifs is 2. The van der Waals surface area contributed by atoms with Gasteiger partial charge in [0.2, 0.25) is 0 Å². The maximum Gasteiger partial charge on any atom is 0.144 e. The minimum absolute atomic E-state index is 0.238. The molecule has 0 amide bonds. The van der Waals surface area contributed by atoms with Crippen LogP contribution >= 0.6 is 0 Å². The average molecular weight is 294 g/mol. The zero-order valence-corrected chi connectivity index (χ0v) is 14.0. The van der Waals surface area contributed by atoms with Gasteiger partial charge in [0.1, 0.15) is 11.6 Å². The fourth-order valence-electron chi connectivity index (χ4n) is 5.13. The topological polar surface area (TPSA) is 34.1 Å². The van der Waals surface area contributed by atoms with Crippen molar-refractivity contribution in [2.24, 2.45) is 23.7 Å². The Balaban J connectivity index is 1.67. The Morgan fingerprint density at radius 3 is 2.19 bits per heavy atom. The number of carbonyl (C=O) groups is 2. The van der Waals surface area contributed by atoms with Gasteiger partial charge in [-0.3, -0.25) is 9.59 Å². The van der Waals surface area contributed by atoms with E-state index in [-0.39, 0.29) is 17.5 Å². The van der Waals surface area contributed by atoms with Crippen molar-refractivity contribution in [1.82, 2.24) is 0 Å². The van der Waals surface area contributed by atoms with Crippen molar-refractivity contribution in [3.05, 3.63) is 0 Å². The lowest BCUT2D eigenvalue weighted by atomic mass is 9.59. The summed E-state index contributed by atoms with van der Waals surface area (Å²) in [5, 5.41) is 0. The van der Waals surface area contributed by atoms with Gasteiger partial charge in [-0.2, -0.15) is 0 Å². The van der Waals surface area contributed by atoms with Crippen LogP contribution in [0.15, 0.2) is 0 Å². The van der Waals surface area contributed by atoms with Crippen LogP contribution in [0.25, 0.3) is 0 Å². The molecule has 1 aliphatic heterocycles. The molecular formula is C17H30N2O2+2. The number of carbonyl (C=O) groups excluding carboxylic acids is 2. The standard InChI is InChI=1S/C17H30N2O2/c1-18(2,3)6-5-7-19(4)10-13-12-8-15(20)17(14(13)11-19)16(21)9-12/h12-14,17H,5-11H2,1-4H3/q+2. The van der Waals surface area contributed by atoms with Crippen LogP contribution in [0.1, 0.15) is 19.3 Å². The summed E-state index contributed by atoms with van der Waals surface area (Å²) in [5.41, 5.74) is 0. The van der Waals surface area contributed by atoms with Crippen molar-refractivity contribution in [3.8, 4) is 0 Å². The first-order valence-electron chi connectivity index (χ1n) is 8.38. The molecule has 0 radical (unpaired) electrons. The fraction of sp³-hybridized carbons (Fsp3) is 0.882. The van der Waals surface area contributed by atoms with Gasteiger partial charge in [0.15, 0.2) is 0 Å². The molecule has 3 aliphatic carbocycles. The number of ketones is 2. The Morgan fingerprint density at radius 1 is 1.05 bits per heavy atom. The second-order valence-corrected chi connectivity index (χ2v) is 8.98. The van der Waals surface area contributed by atoms with Gasteiger partial charge in [-0.1, -0.05) is 0 Å². The number of rotatable bonds is 4. The molecule has 4 heteroatoms. The summed E-state index contributed by atoms with van der Waals surface area (Å²) in [6.45, 7) is 4.60. The molecule has 3 saturated carbocycles. The first kappa shape index (κ1) is 15.2. The summed E-state index contributed by atoms with van der Waals surface area (Å²) in [5.74, 6) is 1.59. The first-order chi connectivity index (χ1) is 9.69. The number of Topliss-reactive ketones (excluding diaryl/α,β-unsaturated/α-hetero) is 2. The van der Waals surface area contributed by atoms with Crippen LogP contribution in [-0.4, -0.2) is 74.9 Å². The molecule has 3 atom stereocenters.